The van der Waals surface area contributed by atoms with E-state index in [-0.39, 0.29) is 16.9 Å². The fourth-order valence-electron chi connectivity index (χ4n) is 6.09. The lowest BCUT2D eigenvalue weighted by molar-refractivity contribution is -0.0651. The van der Waals surface area contributed by atoms with Crippen molar-refractivity contribution in [2.45, 2.75) is 84.8 Å². The Morgan fingerprint density at radius 2 is 1.86 bits per heavy atom. The number of aliphatic hydroxyl groups is 2. The Bertz CT molecular complexity index is 482. The second-order valence-corrected chi connectivity index (χ2v) is 9.35. The molecule has 2 fully saturated rings. The molecule has 3 aliphatic carbocycles. The number of aliphatic hydroxyl groups excluding tert-OH is 1. The molecule has 6 atom stereocenters. The van der Waals surface area contributed by atoms with Crippen molar-refractivity contribution in [2.24, 2.45) is 28.6 Å². The molecule has 0 heterocycles. The molecule has 0 spiro atoms. The molecular weight excluding hydrogens is 272 g/mol. The van der Waals surface area contributed by atoms with Crippen LogP contribution >= 0.6 is 0 Å². The van der Waals surface area contributed by atoms with Gasteiger partial charge in [0.1, 0.15) is 0 Å². The van der Waals surface area contributed by atoms with Gasteiger partial charge < -0.3 is 10.2 Å². The van der Waals surface area contributed by atoms with Gasteiger partial charge in [0, 0.05) is 5.41 Å². The van der Waals surface area contributed by atoms with Gasteiger partial charge in [0.05, 0.1) is 11.7 Å². The predicted molar refractivity (Wildman–Crippen MR) is 90.4 cm³/mol. The van der Waals surface area contributed by atoms with E-state index in [9.17, 15) is 10.2 Å². The van der Waals surface area contributed by atoms with Crippen molar-refractivity contribution >= 4 is 0 Å². The number of hydrogen-bond acceptors (Lipinski definition) is 2. The molecule has 0 saturated heterocycles. The van der Waals surface area contributed by atoms with Crippen LogP contribution in [0, 0.1) is 28.6 Å². The van der Waals surface area contributed by atoms with Gasteiger partial charge >= 0.3 is 0 Å². The molecule has 0 bridgehead atoms. The molecule has 0 amide bonds. The first kappa shape index (κ1) is 16.5. The maximum atomic E-state index is 11.3. The van der Waals surface area contributed by atoms with E-state index >= 15 is 0 Å². The number of allylic oxidation sites excluding steroid dienone is 1. The molecule has 0 aromatic heterocycles. The first-order valence-corrected chi connectivity index (χ1v) is 9.20. The van der Waals surface area contributed by atoms with E-state index in [1.54, 1.807) is 0 Å². The van der Waals surface area contributed by atoms with Gasteiger partial charge in [-0.2, -0.15) is 0 Å². The van der Waals surface area contributed by atoms with E-state index < -0.39 is 5.60 Å². The van der Waals surface area contributed by atoms with Gasteiger partial charge in [-0.25, -0.2) is 0 Å². The van der Waals surface area contributed by atoms with Crippen LogP contribution in [0.3, 0.4) is 0 Å². The summed E-state index contributed by atoms with van der Waals surface area (Å²) in [5, 5.41) is 22.0. The molecule has 2 saturated carbocycles. The number of hydrogen-bond donors (Lipinski definition) is 2. The quantitative estimate of drug-likeness (QED) is 0.709. The molecule has 0 aromatic carbocycles. The van der Waals surface area contributed by atoms with Crippen LogP contribution in [-0.2, 0) is 0 Å². The van der Waals surface area contributed by atoms with Gasteiger partial charge in [-0.15, -0.1) is 0 Å². The highest BCUT2D eigenvalue weighted by atomic mass is 16.3. The lowest BCUT2D eigenvalue weighted by Gasteiger charge is -2.45. The fourth-order valence-corrected chi connectivity index (χ4v) is 6.09. The summed E-state index contributed by atoms with van der Waals surface area (Å²) in [4.78, 5) is 0. The zero-order valence-corrected chi connectivity index (χ0v) is 15.0. The molecular formula is C20H34O2. The summed E-state index contributed by atoms with van der Waals surface area (Å²) in [7, 11) is 0. The van der Waals surface area contributed by atoms with E-state index in [1.807, 2.05) is 0 Å². The van der Waals surface area contributed by atoms with Crippen LogP contribution in [0.25, 0.3) is 0 Å². The molecule has 0 unspecified atom stereocenters. The number of fused-ring (bicyclic) bond motifs is 2. The predicted octanol–water partition coefficient (Wildman–Crippen LogP) is 4.31. The average Bonchev–Trinajstić information content (AvgIpc) is 2.63. The standard InChI is InChI=1S/C20H34O2/c1-13(2)20(22)11-10-18(4)12-15-14(3)6-7-17(21)19(15,5)9-8-16(18)20/h6,13,15-17,21-22H,7-12H2,1-5H3/t15-,16-,17+,18-,19+,20-/m1/s1. The summed E-state index contributed by atoms with van der Waals surface area (Å²) >= 11 is 0. The highest BCUT2D eigenvalue weighted by molar-refractivity contribution is 5.20. The van der Waals surface area contributed by atoms with Crippen molar-refractivity contribution in [1.29, 1.82) is 0 Å². The summed E-state index contributed by atoms with van der Waals surface area (Å²) in [6, 6.07) is 0. The average molecular weight is 306 g/mol. The van der Waals surface area contributed by atoms with Crippen molar-refractivity contribution in [1.82, 2.24) is 0 Å². The molecule has 3 rings (SSSR count). The highest BCUT2D eigenvalue weighted by Crippen LogP contribution is 2.63. The van der Waals surface area contributed by atoms with Gasteiger partial charge in [-0.3, -0.25) is 0 Å². The van der Waals surface area contributed by atoms with E-state index in [0.717, 1.165) is 38.5 Å². The third kappa shape index (κ3) is 2.13. The zero-order valence-electron chi connectivity index (χ0n) is 15.0. The Morgan fingerprint density at radius 3 is 2.50 bits per heavy atom. The lowest BCUT2D eigenvalue weighted by Crippen LogP contribution is -2.43. The minimum atomic E-state index is -0.513. The van der Waals surface area contributed by atoms with E-state index in [1.165, 1.54) is 5.57 Å². The highest BCUT2D eigenvalue weighted by Gasteiger charge is 2.59. The van der Waals surface area contributed by atoms with Gasteiger partial charge in [-0.1, -0.05) is 39.3 Å². The molecule has 0 radical (unpaired) electrons. The monoisotopic (exact) mass is 306 g/mol. The zero-order chi connectivity index (χ0) is 16.3. The van der Waals surface area contributed by atoms with Crippen molar-refractivity contribution in [3.63, 3.8) is 0 Å². The van der Waals surface area contributed by atoms with Crippen molar-refractivity contribution in [3.8, 4) is 0 Å². The largest absolute Gasteiger partial charge is 0.392 e. The maximum absolute atomic E-state index is 11.3. The summed E-state index contributed by atoms with van der Waals surface area (Å²) < 4.78 is 0. The minimum Gasteiger partial charge on any atom is -0.392 e. The molecule has 3 aliphatic rings. The van der Waals surface area contributed by atoms with Gasteiger partial charge in [-0.05, 0) is 68.6 Å². The molecule has 22 heavy (non-hydrogen) atoms. The first-order valence-electron chi connectivity index (χ1n) is 9.20. The van der Waals surface area contributed by atoms with Crippen molar-refractivity contribution in [3.05, 3.63) is 11.6 Å². The summed E-state index contributed by atoms with van der Waals surface area (Å²) in [5.74, 6) is 1.16. The Balaban J connectivity index is 1.99. The van der Waals surface area contributed by atoms with Crippen LogP contribution in [-0.4, -0.2) is 21.9 Å². The summed E-state index contributed by atoms with van der Waals surface area (Å²) in [6.45, 7) is 11.3. The Hall–Kier alpha value is -0.340. The van der Waals surface area contributed by atoms with E-state index in [0.29, 0.717) is 17.8 Å². The van der Waals surface area contributed by atoms with Crippen LogP contribution in [0.1, 0.15) is 73.1 Å². The SMILES string of the molecule is CC1=CC[C@H](O)[C@@]2(C)CC[C@@H]3[C@](C)(CC[C@@]3(O)C(C)C)C[C@H]12. The van der Waals surface area contributed by atoms with E-state index in [2.05, 4.69) is 40.7 Å². The fraction of sp³-hybridized carbons (Fsp3) is 0.900. The minimum absolute atomic E-state index is 0.00985. The van der Waals surface area contributed by atoms with Crippen LogP contribution in [0.4, 0.5) is 0 Å². The lowest BCUT2D eigenvalue weighted by atomic mass is 9.61. The molecule has 0 aromatic rings. The molecule has 0 aliphatic heterocycles. The van der Waals surface area contributed by atoms with Gasteiger partial charge in [0.15, 0.2) is 0 Å². The third-order valence-electron chi connectivity index (χ3n) is 7.95. The van der Waals surface area contributed by atoms with Crippen LogP contribution in [0.2, 0.25) is 0 Å². The second kappa shape index (κ2) is 5.08. The van der Waals surface area contributed by atoms with Crippen LogP contribution in [0.5, 0.6) is 0 Å². The molecule has 2 nitrogen and oxygen atoms in total. The molecule has 2 heteroatoms. The van der Waals surface area contributed by atoms with E-state index in [4.69, 9.17) is 0 Å². The van der Waals surface area contributed by atoms with Gasteiger partial charge in [0.25, 0.3) is 0 Å². The Kier molecular flexibility index (Phi) is 3.81. The summed E-state index contributed by atoms with van der Waals surface area (Å²) in [5.41, 5.74) is 1.16. The summed E-state index contributed by atoms with van der Waals surface area (Å²) in [6.07, 6.45) is 8.13. The topological polar surface area (TPSA) is 40.5 Å². The second-order valence-electron chi connectivity index (χ2n) is 9.35. The Labute approximate surface area is 136 Å². The van der Waals surface area contributed by atoms with Crippen LogP contribution in [0.15, 0.2) is 11.6 Å². The molecule has 2 N–H and O–H groups in total. The van der Waals surface area contributed by atoms with Crippen molar-refractivity contribution in [2.75, 3.05) is 0 Å². The third-order valence-corrected chi connectivity index (χ3v) is 7.95. The maximum Gasteiger partial charge on any atom is 0.0703 e. The normalized spacial score (nSPS) is 52.0. The molecule has 126 valence electrons. The number of rotatable bonds is 1. The van der Waals surface area contributed by atoms with Gasteiger partial charge in [0.2, 0.25) is 0 Å². The first-order chi connectivity index (χ1) is 10.1. The smallest absolute Gasteiger partial charge is 0.0703 e. The van der Waals surface area contributed by atoms with Crippen molar-refractivity contribution < 1.29 is 10.2 Å². The Morgan fingerprint density at radius 1 is 1.18 bits per heavy atom. The van der Waals surface area contributed by atoms with Crippen LogP contribution < -0.4 is 0 Å².